The zero-order valence-electron chi connectivity index (χ0n) is 18.9. The number of fused-ring (bicyclic) bond motifs is 2. The van der Waals surface area contributed by atoms with Crippen molar-refractivity contribution in [1.82, 2.24) is 25.5 Å². The maximum atomic E-state index is 13.6. The Morgan fingerprint density at radius 2 is 1.88 bits per heavy atom. The van der Waals surface area contributed by atoms with Gasteiger partial charge in [-0.15, -0.1) is 0 Å². The second-order valence-electron chi connectivity index (χ2n) is 9.00. The van der Waals surface area contributed by atoms with E-state index in [2.05, 4.69) is 21.3 Å². The van der Waals surface area contributed by atoms with Crippen LogP contribution in [-0.4, -0.2) is 44.1 Å². The van der Waals surface area contributed by atoms with Crippen LogP contribution in [-0.2, 0) is 22.8 Å². The quantitative estimate of drug-likeness (QED) is 0.590. The van der Waals surface area contributed by atoms with Crippen molar-refractivity contribution in [2.24, 2.45) is 13.0 Å². The molecular weight excluding hydrogens is 453 g/mol. The normalized spacial score (nSPS) is 23.6. The number of rotatable bonds is 3. The minimum Gasteiger partial charge on any atom is -0.308 e. The Balaban J connectivity index is 1.60. The van der Waals surface area contributed by atoms with Gasteiger partial charge in [0, 0.05) is 43.9 Å². The van der Waals surface area contributed by atoms with Crippen LogP contribution in [0.2, 0.25) is 0 Å². The predicted molar refractivity (Wildman–Crippen MR) is 116 cm³/mol. The van der Waals surface area contributed by atoms with Gasteiger partial charge in [-0.3, -0.25) is 25.1 Å². The fourth-order valence-corrected chi connectivity index (χ4v) is 5.05. The average Bonchev–Trinajstić information content (AvgIpc) is 3.16. The average molecular weight is 478 g/mol. The molecule has 3 unspecified atom stereocenters. The molecule has 4 amide bonds. The largest absolute Gasteiger partial charge is 0.417 e. The lowest BCUT2D eigenvalue weighted by atomic mass is 9.64. The van der Waals surface area contributed by atoms with Crippen molar-refractivity contribution in [2.75, 3.05) is 5.32 Å². The van der Waals surface area contributed by atoms with Gasteiger partial charge in [0.15, 0.2) is 0 Å². The molecule has 3 N–H and O–H groups in total. The van der Waals surface area contributed by atoms with E-state index in [1.54, 1.807) is 7.05 Å². The van der Waals surface area contributed by atoms with E-state index in [1.807, 2.05) is 6.92 Å². The van der Waals surface area contributed by atoms with E-state index in [1.165, 1.54) is 40.9 Å². The van der Waals surface area contributed by atoms with Crippen LogP contribution in [0.3, 0.4) is 0 Å². The van der Waals surface area contributed by atoms with Crippen LogP contribution in [0.15, 0.2) is 30.5 Å². The molecule has 0 spiro atoms. The Bertz CT molecular complexity index is 1150. The number of anilines is 1. The first-order valence-electron chi connectivity index (χ1n) is 10.8. The first-order chi connectivity index (χ1) is 15.9. The third-order valence-electron chi connectivity index (χ3n) is 6.32. The monoisotopic (exact) mass is 478 g/mol. The molecule has 1 aromatic carbocycles. The number of nitrogens with one attached hydrogen (secondary N) is 3. The molecule has 4 rings (SSSR count). The molecule has 2 heterocycles. The SMILES string of the molecule is CC(=O)NNC(=O)C12CC(C)CC(C1)N2C(=O)Nc1ccc(C(F)(F)F)c(-c2ccn(C)n2)c1. The number of halogens is 3. The summed E-state index contributed by atoms with van der Waals surface area (Å²) >= 11 is 0. The van der Waals surface area contributed by atoms with Crippen molar-refractivity contribution in [3.05, 3.63) is 36.0 Å². The van der Waals surface area contributed by atoms with Crippen molar-refractivity contribution in [2.45, 2.75) is 50.9 Å². The number of carbonyl (C=O) groups is 3. The maximum Gasteiger partial charge on any atom is 0.417 e. The molecule has 34 heavy (non-hydrogen) atoms. The summed E-state index contributed by atoms with van der Waals surface area (Å²) < 4.78 is 42.1. The Morgan fingerprint density at radius 3 is 2.50 bits per heavy atom. The fourth-order valence-electron chi connectivity index (χ4n) is 5.05. The third-order valence-corrected chi connectivity index (χ3v) is 6.32. The van der Waals surface area contributed by atoms with E-state index < -0.39 is 35.1 Å². The van der Waals surface area contributed by atoms with Gasteiger partial charge in [-0.05, 0) is 43.0 Å². The van der Waals surface area contributed by atoms with E-state index in [-0.39, 0.29) is 28.9 Å². The van der Waals surface area contributed by atoms with Crippen LogP contribution in [0.25, 0.3) is 11.3 Å². The summed E-state index contributed by atoms with van der Waals surface area (Å²) in [6.45, 7) is 3.23. The van der Waals surface area contributed by atoms with E-state index in [9.17, 15) is 27.6 Å². The highest BCUT2D eigenvalue weighted by atomic mass is 19.4. The number of benzene rings is 1. The van der Waals surface area contributed by atoms with Gasteiger partial charge in [0.1, 0.15) is 5.54 Å². The molecule has 9 nitrogen and oxygen atoms in total. The number of aromatic nitrogens is 2. The van der Waals surface area contributed by atoms with E-state index >= 15 is 0 Å². The van der Waals surface area contributed by atoms with Crippen LogP contribution in [0, 0.1) is 5.92 Å². The molecule has 1 aliphatic heterocycles. The van der Waals surface area contributed by atoms with Crippen LogP contribution in [0.4, 0.5) is 23.7 Å². The molecule has 2 bridgehead atoms. The standard InChI is InChI=1S/C22H25F3N6O3/c1-12-8-15-11-21(10-12,19(33)28-27-13(2)32)31(15)20(34)26-14-4-5-17(22(23,24)25)16(9-14)18-6-7-30(3)29-18/h4-7,9,12,15H,8,10-11H2,1-3H3,(H,26,34)(H,27,32)(H,28,33). The molecule has 0 radical (unpaired) electrons. The van der Waals surface area contributed by atoms with Gasteiger partial charge in [-0.25, -0.2) is 4.79 Å². The summed E-state index contributed by atoms with van der Waals surface area (Å²) in [5, 5.41) is 6.71. The number of hydrogen-bond acceptors (Lipinski definition) is 4. The molecule has 2 aliphatic rings. The second kappa shape index (κ2) is 8.33. The first-order valence-corrected chi connectivity index (χ1v) is 10.8. The van der Waals surface area contributed by atoms with Gasteiger partial charge in [-0.2, -0.15) is 18.3 Å². The fraction of sp³-hybridized carbons (Fsp3) is 0.455. The number of nitrogens with zero attached hydrogens (tertiary/aromatic N) is 3. The van der Waals surface area contributed by atoms with Gasteiger partial charge < -0.3 is 10.2 Å². The number of hydrogen-bond donors (Lipinski definition) is 3. The summed E-state index contributed by atoms with van der Waals surface area (Å²) in [7, 11) is 1.59. The molecule has 2 fully saturated rings. The molecule has 1 saturated heterocycles. The number of aryl methyl sites for hydroxylation is 1. The van der Waals surface area contributed by atoms with Crippen molar-refractivity contribution >= 4 is 23.5 Å². The minimum absolute atomic E-state index is 0.117. The Morgan fingerprint density at radius 1 is 1.15 bits per heavy atom. The van der Waals surface area contributed by atoms with Gasteiger partial charge in [-0.1, -0.05) is 6.92 Å². The summed E-state index contributed by atoms with van der Waals surface area (Å²) in [5.74, 6) is -0.762. The van der Waals surface area contributed by atoms with Crippen molar-refractivity contribution in [3.8, 4) is 11.3 Å². The number of hydrazine groups is 1. The van der Waals surface area contributed by atoms with Crippen LogP contribution in [0.5, 0.6) is 0 Å². The topological polar surface area (TPSA) is 108 Å². The zero-order valence-corrected chi connectivity index (χ0v) is 18.9. The highest BCUT2D eigenvalue weighted by Gasteiger charge is 2.62. The van der Waals surface area contributed by atoms with Crippen LogP contribution >= 0.6 is 0 Å². The van der Waals surface area contributed by atoms with Crippen LogP contribution < -0.4 is 16.2 Å². The highest BCUT2D eigenvalue weighted by molar-refractivity contribution is 5.99. The van der Waals surface area contributed by atoms with Gasteiger partial charge in [0.25, 0.3) is 5.91 Å². The number of likely N-dealkylation sites (tertiary alicyclic amines) is 1. The molecule has 3 atom stereocenters. The minimum atomic E-state index is -4.61. The van der Waals surface area contributed by atoms with E-state index in [0.717, 1.165) is 6.07 Å². The first kappa shape index (κ1) is 23.6. The molecule has 2 aromatic rings. The lowest BCUT2D eigenvalue weighted by Gasteiger charge is -2.61. The van der Waals surface area contributed by atoms with Crippen molar-refractivity contribution in [3.63, 3.8) is 0 Å². The highest BCUT2D eigenvalue weighted by Crippen LogP contribution is 2.50. The summed E-state index contributed by atoms with van der Waals surface area (Å²) in [4.78, 5) is 38.7. The number of urea groups is 1. The molecule has 12 heteroatoms. The molecule has 1 aliphatic carbocycles. The Labute approximate surface area is 193 Å². The summed E-state index contributed by atoms with van der Waals surface area (Å²) in [5.41, 5.74) is 2.71. The van der Waals surface area contributed by atoms with Crippen molar-refractivity contribution in [1.29, 1.82) is 0 Å². The van der Waals surface area contributed by atoms with Gasteiger partial charge in [0.05, 0.1) is 11.3 Å². The van der Waals surface area contributed by atoms with E-state index in [4.69, 9.17) is 0 Å². The lowest BCUT2D eigenvalue weighted by molar-refractivity contribution is -0.157. The van der Waals surface area contributed by atoms with Crippen molar-refractivity contribution < 1.29 is 27.6 Å². The van der Waals surface area contributed by atoms with E-state index in [0.29, 0.717) is 19.3 Å². The van der Waals surface area contributed by atoms with Gasteiger partial charge in [0.2, 0.25) is 5.91 Å². The summed E-state index contributed by atoms with van der Waals surface area (Å²) in [6, 6.07) is 3.99. The zero-order chi connectivity index (χ0) is 24.8. The number of alkyl halides is 3. The number of carbonyl (C=O) groups excluding carboxylic acids is 3. The lowest BCUT2D eigenvalue weighted by Crippen LogP contribution is -2.77. The Kier molecular flexibility index (Phi) is 5.78. The number of piperidine rings is 1. The summed E-state index contributed by atoms with van der Waals surface area (Å²) in [6.07, 6.45) is -1.52. The molecule has 1 saturated carbocycles. The maximum absolute atomic E-state index is 13.6. The smallest absolute Gasteiger partial charge is 0.308 e. The predicted octanol–water partition coefficient (Wildman–Crippen LogP) is 3.05. The Hall–Kier alpha value is -3.57. The van der Waals surface area contributed by atoms with Crippen LogP contribution in [0.1, 0.15) is 38.7 Å². The third kappa shape index (κ3) is 4.19. The second-order valence-corrected chi connectivity index (χ2v) is 9.00. The molecular formula is C22H25F3N6O3. The number of amides is 4. The van der Waals surface area contributed by atoms with Gasteiger partial charge >= 0.3 is 12.2 Å². The molecule has 1 aromatic heterocycles. The molecule has 182 valence electrons.